The molecule has 2 aliphatic rings. The summed E-state index contributed by atoms with van der Waals surface area (Å²) in [5.74, 6) is 0.324. The zero-order chi connectivity index (χ0) is 9.80. The predicted molar refractivity (Wildman–Crippen MR) is 62.4 cm³/mol. The molecule has 0 spiro atoms. The molecule has 88 valence electrons. The molecule has 0 bridgehead atoms. The van der Waals surface area contributed by atoms with Crippen LogP contribution in [0.2, 0.25) is 0 Å². The van der Waals surface area contributed by atoms with Crippen LogP contribution in [0, 0.1) is 0 Å². The van der Waals surface area contributed by atoms with Gasteiger partial charge in [-0.05, 0) is 12.8 Å². The van der Waals surface area contributed by atoms with E-state index in [2.05, 4.69) is 10.2 Å². The van der Waals surface area contributed by atoms with Crippen molar-refractivity contribution in [3.05, 3.63) is 0 Å². The van der Waals surface area contributed by atoms with E-state index in [4.69, 9.17) is 0 Å². The summed E-state index contributed by atoms with van der Waals surface area (Å²) in [4.78, 5) is 16.0. The van der Waals surface area contributed by atoms with E-state index >= 15 is 0 Å². The van der Waals surface area contributed by atoms with Crippen molar-refractivity contribution in [1.29, 1.82) is 0 Å². The second kappa shape index (κ2) is 6.30. The minimum atomic E-state index is 0. The van der Waals surface area contributed by atoms with E-state index in [1.807, 2.05) is 4.90 Å². The number of carbonyl (C=O) groups excluding carboxylic acids is 1. The highest BCUT2D eigenvalue weighted by atomic mass is 35.5. The molecule has 0 radical (unpaired) electrons. The minimum Gasteiger partial charge on any atom is -0.342 e. The first kappa shape index (κ1) is 12.7. The average Bonchev–Trinajstić information content (AvgIpc) is 2.72. The molecule has 0 aromatic rings. The van der Waals surface area contributed by atoms with Gasteiger partial charge in [-0.25, -0.2) is 0 Å². The summed E-state index contributed by atoms with van der Waals surface area (Å²) in [7, 11) is 0. The number of rotatable bonds is 2. The first-order chi connectivity index (χ1) is 6.86. The maximum Gasteiger partial charge on any atom is 0.236 e. The standard InChI is InChI=1S/C10H19N3O.ClH/c14-10(13-5-1-2-6-13)9-12-7-3-11-4-8-12;/h11H,1-9H2;1H. The van der Waals surface area contributed by atoms with Crippen molar-refractivity contribution < 1.29 is 4.79 Å². The monoisotopic (exact) mass is 233 g/mol. The van der Waals surface area contributed by atoms with E-state index in [9.17, 15) is 4.79 Å². The van der Waals surface area contributed by atoms with E-state index < -0.39 is 0 Å². The van der Waals surface area contributed by atoms with Crippen LogP contribution in [0.5, 0.6) is 0 Å². The molecular formula is C10H20ClN3O. The smallest absolute Gasteiger partial charge is 0.236 e. The van der Waals surface area contributed by atoms with Crippen LogP contribution in [0.4, 0.5) is 0 Å². The number of piperazine rings is 1. The Morgan fingerprint density at radius 3 is 2.27 bits per heavy atom. The van der Waals surface area contributed by atoms with Gasteiger partial charge >= 0.3 is 0 Å². The lowest BCUT2D eigenvalue weighted by molar-refractivity contribution is -0.131. The van der Waals surface area contributed by atoms with E-state index in [-0.39, 0.29) is 12.4 Å². The topological polar surface area (TPSA) is 35.6 Å². The lowest BCUT2D eigenvalue weighted by atomic mass is 10.3. The fourth-order valence-corrected chi connectivity index (χ4v) is 2.13. The van der Waals surface area contributed by atoms with Crippen molar-refractivity contribution >= 4 is 18.3 Å². The number of hydrogen-bond donors (Lipinski definition) is 1. The highest BCUT2D eigenvalue weighted by Crippen LogP contribution is 2.08. The largest absolute Gasteiger partial charge is 0.342 e. The SMILES string of the molecule is Cl.O=C(CN1CCNCC1)N1CCCC1. The molecule has 15 heavy (non-hydrogen) atoms. The van der Waals surface area contributed by atoms with Gasteiger partial charge in [-0.15, -0.1) is 12.4 Å². The molecule has 0 unspecified atom stereocenters. The molecule has 0 saturated carbocycles. The van der Waals surface area contributed by atoms with E-state index in [1.54, 1.807) is 0 Å². The fraction of sp³-hybridized carbons (Fsp3) is 0.900. The first-order valence-electron chi connectivity index (χ1n) is 5.57. The fourth-order valence-electron chi connectivity index (χ4n) is 2.13. The number of halogens is 1. The van der Waals surface area contributed by atoms with E-state index in [0.29, 0.717) is 12.5 Å². The number of likely N-dealkylation sites (tertiary alicyclic amines) is 1. The van der Waals surface area contributed by atoms with Gasteiger partial charge in [0, 0.05) is 39.3 Å². The van der Waals surface area contributed by atoms with Gasteiger partial charge in [-0.3, -0.25) is 9.69 Å². The Kier molecular flexibility index (Phi) is 5.36. The Morgan fingerprint density at radius 1 is 1.07 bits per heavy atom. The Hall–Kier alpha value is -0.320. The lowest BCUT2D eigenvalue weighted by Crippen LogP contribution is -2.48. The lowest BCUT2D eigenvalue weighted by Gasteiger charge is -2.28. The summed E-state index contributed by atoms with van der Waals surface area (Å²) in [6.07, 6.45) is 2.38. The molecule has 4 nitrogen and oxygen atoms in total. The van der Waals surface area contributed by atoms with Gasteiger partial charge in [0.2, 0.25) is 5.91 Å². The van der Waals surface area contributed by atoms with Crippen LogP contribution in [0.3, 0.4) is 0 Å². The Balaban J connectivity index is 0.00000112. The Morgan fingerprint density at radius 2 is 1.67 bits per heavy atom. The van der Waals surface area contributed by atoms with Gasteiger partial charge in [-0.2, -0.15) is 0 Å². The van der Waals surface area contributed by atoms with Gasteiger partial charge in [0.25, 0.3) is 0 Å². The average molecular weight is 234 g/mol. The van der Waals surface area contributed by atoms with Gasteiger partial charge in [0.15, 0.2) is 0 Å². The molecule has 5 heteroatoms. The van der Waals surface area contributed by atoms with Crippen LogP contribution in [-0.4, -0.2) is 61.5 Å². The number of nitrogens with zero attached hydrogens (tertiary/aromatic N) is 2. The van der Waals surface area contributed by atoms with Crippen molar-refractivity contribution in [3.63, 3.8) is 0 Å². The van der Waals surface area contributed by atoms with E-state index in [0.717, 1.165) is 39.3 Å². The van der Waals surface area contributed by atoms with Crippen molar-refractivity contribution in [3.8, 4) is 0 Å². The summed E-state index contributed by atoms with van der Waals surface area (Å²) in [5.41, 5.74) is 0. The molecule has 2 fully saturated rings. The third-order valence-electron chi connectivity index (χ3n) is 3.03. The summed E-state index contributed by atoms with van der Waals surface area (Å²) in [6.45, 7) is 6.65. The van der Waals surface area contributed by atoms with Crippen LogP contribution >= 0.6 is 12.4 Å². The van der Waals surface area contributed by atoms with Gasteiger partial charge in [-0.1, -0.05) is 0 Å². The number of nitrogens with one attached hydrogen (secondary N) is 1. The molecule has 0 aromatic carbocycles. The molecular weight excluding hydrogens is 214 g/mol. The molecule has 0 aliphatic carbocycles. The van der Waals surface area contributed by atoms with Gasteiger partial charge in [0.05, 0.1) is 6.54 Å². The van der Waals surface area contributed by atoms with Crippen LogP contribution in [-0.2, 0) is 4.79 Å². The quantitative estimate of drug-likeness (QED) is 0.726. The Labute approximate surface area is 97.4 Å². The summed E-state index contributed by atoms with van der Waals surface area (Å²) < 4.78 is 0. The molecule has 0 atom stereocenters. The molecule has 1 amide bonds. The summed E-state index contributed by atoms with van der Waals surface area (Å²) in [6, 6.07) is 0. The third-order valence-corrected chi connectivity index (χ3v) is 3.03. The van der Waals surface area contributed by atoms with Crippen LogP contribution in [0.15, 0.2) is 0 Å². The van der Waals surface area contributed by atoms with E-state index in [1.165, 1.54) is 12.8 Å². The zero-order valence-electron chi connectivity index (χ0n) is 9.07. The van der Waals surface area contributed by atoms with Crippen LogP contribution < -0.4 is 5.32 Å². The van der Waals surface area contributed by atoms with Crippen molar-refractivity contribution in [2.75, 3.05) is 45.8 Å². The molecule has 2 aliphatic heterocycles. The number of amides is 1. The van der Waals surface area contributed by atoms with Crippen molar-refractivity contribution in [2.24, 2.45) is 0 Å². The zero-order valence-corrected chi connectivity index (χ0v) is 9.89. The highest BCUT2D eigenvalue weighted by Gasteiger charge is 2.20. The summed E-state index contributed by atoms with van der Waals surface area (Å²) in [5, 5.41) is 3.29. The number of carbonyl (C=O) groups is 1. The second-order valence-corrected chi connectivity index (χ2v) is 4.11. The highest BCUT2D eigenvalue weighted by molar-refractivity contribution is 5.85. The van der Waals surface area contributed by atoms with Gasteiger partial charge in [0.1, 0.15) is 0 Å². The molecule has 0 aromatic heterocycles. The van der Waals surface area contributed by atoms with Crippen LogP contribution in [0.1, 0.15) is 12.8 Å². The van der Waals surface area contributed by atoms with Gasteiger partial charge < -0.3 is 10.2 Å². The van der Waals surface area contributed by atoms with Crippen LogP contribution in [0.25, 0.3) is 0 Å². The molecule has 2 saturated heterocycles. The number of hydrogen-bond acceptors (Lipinski definition) is 3. The maximum atomic E-state index is 11.8. The predicted octanol–water partition coefficient (Wildman–Crippen LogP) is -0.0642. The minimum absolute atomic E-state index is 0. The summed E-state index contributed by atoms with van der Waals surface area (Å²) >= 11 is 0. The third kappa shape index (κ3) is 3.63. The molecule has 2 rings (SSSR count). The molecule has 1 N–H and O–H groups in total. The van der Waals surface area contributed by atoms with Crippen molar-refractivity contribution in [1.82, 2.24) is 15.1 Å². The van der Waals surface area contributed by atoms with Crippen molar-refractivity contribution in [2.45, 2.75) is 12.8 Å². The second-order valence-electron chi connectivity index (χ2n) is 4.11. The maximum absolute atomic E-state index is 11.8. The normalized spacial score (nSPS) is 22.5. The molecule has 2 heterocycles. The first-order valence-corrected chi connectivity index (χ1v) is 5.57. The Bertz CT molecular complexity index is 201.